The summed E-state index contributed by atoms with van der Waals surface area (Å²) >= 11 is 0. The number of sulfonamides is 1. The number of piperazine rings is 1. The van der Waals surface area contributed by atoms with Gasteiger partial charge in [0.25, 0.3) is 0 Å². The zero-order valence-corrected chi connectivity index (χ0v) is 15.0. The molecule has 1 saturated carbocycles. The molecular formula is C13H29Cl2N3O2S. The van der Waals surface area contributed by atoms with E-state index in [-0.39, 0.29) is 24.8 Å². The molecule has 0 aromatic carbocycles. The van der Waals surface area contributed by atoms with Gasteiger partial charge >= 0.3 is 0 Å². The van der Waals surface area contributed by atoms with Gasteiger partial charge < -0.3 is 5.32 Å². The summed E-state index contributed by atoms with van der Waals surface area (Å²) in [6.45, 7) is 5.43. The maximum absolute atomic E-state index is 12.0. The van der Waals surface area contributed by atoms with Crippen molar-refractivity contribution >= 4 is 34.8 Å². The van der Waals surface area contributed by atoms with Crippen molar-refractivity contribution in [1.82, 2.24) is 14.9 Å². The summed E-state index contributed by atoms with van der Waals surface area (Å²) < 4.78 is 26.8. The molecule has 0 unspecified atom stereocenters. The molecule has 5 nitrogen and oxygen atoms in total. The molecular weight excluding hydrogens is 333 g/mol. The molecule has 0 aromatic heterocycles. The summed E-state index contributed by atoms with van der Waals surface area (Å²) in [6.07, 6.45) is 5.83. The molecule has 21 heavy (non-hydrogen) atoms. The van der Waals surface area contributed by atoms with Crippen LogP contribution in [0.15, 0.2) is 0 Å². The second-order valence-corrected chi connectivity index (χ2v) is 7.62. The van der Waals surface area contributed by atoms with Crippen molar-refractivity contribution in [3.8, 4) is 0 Å². The van der Waals surface area contributed by atoms with Crippen molar-refractivity contribution in [3.63, 3.8) is 0 Å². The van der Waals surface area contributed by atoms with Gasteiger partial charge in [-0.05, 0) is 18.8 Å². The van der Waals surface area contributed by atoms with Gasteiger partial charge in [-0.15, -0.1) is 24.8 Å². The fourth-order valence-corrected chi connectivity index (χ4v) is 4.49. The van der Waals surface area contributed by atoms with Crippen LogP contribution in [0.5, 0.6) is 0 Å². The van der Waals surface area contributed by atoms with Crippen LogP contribution < -0.4 is 10.0 Å². The van der Waals surface area contributed by atoms with Gasteiger partial charge in [0.15, 0.2) is 0 Å². The lowest BCUT2D eigenvalue weighted by molar-refractivity contribution is 0.245. The predicted molar refractivity (Wildman–Crippen MR) is 92.2 cm³/mol. The molecule has 2 fully saturated rings. The third kappa shape index (κ3) is 8.57. The van der Waals surface area contributed by atoms with Crippen LogP contribution in [0.1, 0.15) is 32.1 Å². The molecule has 1 saturated heterocycles. The van der Waals surface area contributed by atoms with E-state index in [0.717, 1.165) is 45.6 Å². The van der Waals surface area contributed by atoms with E-state index in [4.69, 9.17) is 0 Å². The number of nitrogens with one attached hydrogen (secondary N) is 2. The number of rotatable bonds is 6. The summed E-state index contributed by atoms with van der Waals surface area (Å²) in [5.74, 6) is 0.708. The van der Waals surface area contributed by atoms with Gasteiger partial charge in [-0.2, -0.15) is 0 Å². The molecule has 8 heteroatoms. The summed E-state index contributed by atoms with van der Waals surface area (Å²) in [5, 5.41) is 3.30. The molecule has 0 radical (unpaired) electrons. The molecule has 2 rings (SSSR count). The highest BCUT2D eigenvalue weighted by Crippen LogP contribution is 2.24. The lowest BCUT2D eigenvalue weighted by atomic mass is 9.91. The van der Waals surface area contributed by atoms with E-state index in [2.05, 4.69) is 14.9 Å². The van der Waals surface area contributed by atoms with Crippen molar-refractivity contribution in [3.05, 3.63) is 0 Å². The maximum Gasteiger partial charge on any atom is 0.211 e. The summed E-state index contributed by atoms with van der Waals surface area (Å²) in [6, 6.07) is 0. The van der Waals surface area contributed by atoms with Crippen LogP contribution in [0.3, 0.4) is 0 Å². The minimum atomic E-state index is -3.07. The molecule has 128 valence electrons. The zero-order valence-electron chi connectivity index (χ0n) is 12.6. The van der Waals surface area contributed by atoms with Crippen molar-refractivity contribution in [1.29, 1.82) is 0 Å². The minimum absolute atomic E-state index is 0. The van der Waals surface area contributed by atoms with Crippen LogP contribution in [0.4, 0.5) is 0 Å². The second-order valence-electron chi connectivity index (χ2n) is 5.77. The van der Waals surface area contributed by atoms with Gasteiger partial charge in [-0.3, -0.25) is 4.90 Å². The number of hydrogen-bond acceptors (Lipinski definition) is 4. The van der Waals surface area contributed by atoms with Crippen LogP contribution in [0.2, 0.25) is 0 Å². The first kappa shape index (κ1) is 21.4. The first-order valence-electron chi connectivity index (χ1n) is 7.56. The minimum Gasteiger partial charge on any atom is -0.314 e. The highest BCUT2D eigenvalue weighted by Gasteiger charge is 2.21. The van der Waals surface area contributed by atoms with Gasteiger partial charge in [0.05, 0.1) is 5.75 Å². The van der Waals surface area contributed by atoms with Crippen LogP contribution in [0.25, 0.3) is 0 Å². The largest absolute Gasteiger partial charge is 0.314 e. The Bertz CT molecular complexity index is 356. The monoisotopic (exact) mass is 361 g/mol. The summed E-state index contributed by atoms with van der Waals surface area (Å²) in [5.41, 5.74) is 0. The molecule has 0 spiro atoms. The Balaban J connectivity index is 0.00000200. The second kappa shape index (κ2) is 11.0. The van der Waals surface area contributed by atoms with Crippen LogP contribution in [-0.2, 0) is 10.0 Å². The van der Waals surface area contributed by atoms with Crippen molar-refractivity contribution in [2.24, 2.45) is 5.92 Å². The SMILES string of the molecule is Cl.Cl.O=S(=O)(CC1CCCCC1)NCCN1CCNCC1. The van der Waals surface area contributed by atoms with Crippen LogP contribution >= 0.6 is 24.8 Å². The van der Waals surface area contributed by atoms with E-state index >= 15 is 0 Å². The first-order chi connectivity index (χ1) is 9.16. The van der Waals surface area contributed by atoms with Crippen molar-refractivity contribution in [2.75, 3.05) is 45.0 Å². The Morgan fingerprint density at radius 3 is 2.29 bits per heavy atom. The van der Waals surface area contributed by atoms with E-state index in [9.17, 15) is 8.42 Å². The molecule has 1 aliphatic carbocycles. The molecule has 1 heterocycles. The Morgan fingerprint density at radius 1 is 1.05 bits per heavy atom. The fourth-order valence-electron chi connectivity index (χ4n) is 3.02. The Labute approximate surface area is 141 Å². The Kier molecular flexibility index (Phi) is 11.2. The average molecular weight is 362 g/mol. The van der Waals surface area contributed by atoms with Gasteiger partial charge in [0.1, 0.15) is 0 Å². The number of halogens is 2. The van der Waals surface area contributed by atoms with E-state index in [0.29, 0.717) is 18.2 Å². The van der Waals surface area contributed by atoms with Crippen molar-refractivity contribution < 1.29 is 8.42 Å². The zero-order chi connectivity index (χ0) is 13.6. The standard InChI is InChI=1S/C13H27N3O2S.2ClH/c17-19(18,12-13-4-2-1-3-5-13)15-8-11-16-9-6-14-7-10-16;;/h13-15H,1-12H2;2*1H. The number of nitrogens with zero attached hydrogens (tertiary/aromatic N) is 1. The Hall–Kier alpha value is 0.410. The number of hydrogen-bond donors (Lipinski definition) is 2. The van der Waals surface area contributed by atoms with Crippen LogP contribution in [0, 0.1) is 5.92 Å². The quantitative estimate of drug-likeness (QED) is 0.746. The van der Waals surface area contributed by atoms with Gasteiger partial charge in [-0.1, -0.05) is 19.3 Å². The van der Waals surface area contributed by atoms with E-state index in [1.807, 2.05) is 0 Å². The van der Waals surface area contributed by atoms with Gasteiger partial charge in [-0.25, -0.2) is 13.1 Å². The normalized spacial score (nSPS) is 21.3. The van der Waals surface area contributed by atoms with E-state index < -0.39 is 10.0 Å². The molecule has 0 atom stereocenters. The lowest BCUT2D eigenvalue weighted by Crippen LogP contribution is -2.46. The summed E-state index contributed by atoms with van der Waals surface area (Å²) in [4.78, 5) is 2.31. The fraction of sp³-hybridized carbons (Fsp3) is 1.00. The van der Waals surface area contributed by atoms with E-state index in [1.165, 1.54) is 19.3 Å². The molecule has 0 amide bonds. The summed E-state index contributed by atoms with van der Waals surface area (Å²) in [7, 11) is -3.07. The molecule has 2 aliphatic rings. The van der Waals surface area contributed by atoms with E-state index in [1.54, 1.807) is 0 Å². The van der Waals surface area contributed by atoms with Gasteiger partial charge in [0, 0.05) is 39.3 Å². The maximum atomic E-state index is 12.0. The molecule has 0 aromatic rings. The first-order valence-corrected chi connectivity index (χ1v) is 9.21. The lowest BCUT2D eigenvalue weighted by Gasteiger charge is -2.27. The highest BCUT2D eigenvalue weighted by atomic mass is 35.5. The smallest absolute Gasteiger partial charge is 0.211 e. The average Bonchev–Trinajstić information content (AvgIpc) is 2.40. The third-order valence-electron chi connectivity index (χ3n) is 4.14. The molecule has 0 bridgehead atoms. The van der Waals surface area contributed by atoms with Gasteiger partial charge in [0.2, 0.25) is 10.0 Å². The molecule has 2 N–H and O–H groups in total. The van der Waals surface area contributed by atoms with Crippen LogP contribution in [-0.4, -0.2) is 58.3 Å². The third-order valence-corrected chi connectivity index (χ3v) is 5.69. The predicted octanol–water partition coefficient (Wildman–Crippen LogP) is 1.23. The molecule has 1 aliphatic heterocycles. The highest BCUT2D eigenvalue weighted by molar-refractivity contribution is 7.89. The Morgan fingerprint density at radius 2 is 1.67 bits per heavy atom. The topological polar surface area (TPSA) is 61.4 Å². The van der Waals surface area contributed by atoms with Crippen molar-refractivity contribution in [2.45, 2.75) is 32.1 Å².